The van der Waals surface area contributed by atoms with E-state index in [1.165, 1.54) is 6.39 Å². The van der Waals surface area contributed by atoms with Crippen LogP contribution in [0.15, 0.2) is 95.9 Å². The number of aryl methyl sites for hydroxylation is 1. The van der Waals surface area contributed by atoms with Gasteiger partial charge in [0.15, 0.2) is 12.2 Å². The molecular formula is C37H40N6O3. The summed E-state index contributed by atoms with van der Waals surface area (Å²) in [5.74, 6) is 1.73. The molecule has 0 unspecified atom stereocenters. The number of rotatable bonds is 7. The van der Waals surface area contributed by atoms with Crippen LogP contribution in [-0.4, -0.2) is 44.7 Å². The molecule has 46 heavy (non-hydrogen) atoms. The number of carbonyl (C=O) groups excluding carboxylic acids is 2. The maximum atomic E-state index is 13.3. The Morgan fingerprint density at radius 3 is 2.33 bits per heavy atom. The number of piperidine rings is 1. The molecule has 0 atom stereocenters. The van der Waals surface area contributed by atoms with Crippen molar-refractivity contribution in [3.05, 3.63) is 114 Å². The summed E-state index contributed by atoms with van der Waals surface area (Å²) >= 11 is 0. The molecule has 0 aliphatic carbocycles. The Bertz CT molecular complexity index is 1790. The van der Waals surface area contributed by atoms with E-state index in [1.54, 1.807) is 10.9 Å². The molecule has 0 saturated carbocycles. The molecule has 0 spiro atoms. The number of hydrogen-bond donors (Lipinski definition) is 2. The first-order valence-electron chi connectivity index (χ1n) is 15.8. The number of benzene rings is 3. The van der Waals surface area contributed by atoms with E-state index in [2.05, 4.69) is 42.5 Å². The van der Waals surface area contributed by atoms with Crippen LogP contribution in [-0.2, 0) is 11.8 Å². The number of amides is 3. The van der Waals surface area contributed by atoms with Gasteiger partial charge in [0, 0.05) is 41.4 Å². The molecule has 1 aliphatic heterocycles. The fourth-order valence-electron chi connectivity index (χ4n) is 5.78. The fraction of sp³-hybridized carbons (Fsp3) is 0.297. The zero-order valence-electron chi connectivity index (χ0n) is 26.8. The van der Waals surface area contributed by atoms with Crippen molar-refractivity contribution in [3.8, 4) is 17.0 Å². The van der Waals surface area contributed by atoms with E-state index >= 15 is 0 Å². The van der Waals surface area contributed by atoms with Crippen molar-refractivity contribution < 1.29 is 14.0 Å². The molecule has 1 aliphatic rings. The molecule has 2 N–H and O–H groups in total. The van der Waals surface area contributed by atoms with Crippen LogP contribution in [0, 0.1) is 12.8 Å². The van der Waals surface area contributed by atoms with Crippen LogP contribution in [0.2, 0.25) is 0 Å². The summed E-state index contributed by atoms with van der Waals surface area (Å²) in [6, 6.07) is 25.1. The second-order valence-corrected chi connectivity index (χ2v) is 13.0. The van der Waals surface area contributed by atoms with Gasteiger partial charge in [-0.15, -0.1) is 0 Å². The molecule has 6 rings (SSSR count). The van der Waals surface area contributed by atoms with E-state index in [-0.39, 0.29) is 17.4 Å². The monoisotopic (exact) mass is 616 g/mol. The van der Waals surface area contributed by atoms with Crippen molar-refractivity contribution in [1.29, 1.82) is 0 Å². The largest absolute Gasteiger partial charge is 0.444 e. The van der Waals surface area contributed by atoms with E-state index in [0.29, 0.717) is 36.1 Å². The number of likely N-dealkylation sites (tertiary alicyclic amines) is 1. The Labute approximate surface area is 269 Å². The highest BCUT2D eigenvalue weighted by Gasteiger charge is 2.25. The topological polar surface area (TPSA) is 105 Å². The number of nitrogens with zero attached hydrogens (tertiary/aromatic N) is 4. The zero-order valence-corrected chi connectivity index (χ0v) is 26.8. The maximum absolute atomic E-state index is 13.3. The van der Waals surface area contributed by atoms with Gasteiger partial charge in [-0.3, -0.25) is 10.1 Å². The fourth-order valence-corrected chi connectivity index (χ4v) is 5.78. The SMILES string of the molecule is Cc1ccc(-n2nc(C(C)(C)C)cc2NC(=O)Nc2ccccc2CC2CCN(C(=O)c3ccc(-c4cnco4)cc3)CC2)cc1. The molecule has 3 heterocycles. The number of para-hydroxylation sites is 1. The summed E-state index contributed by atoms with van der Waals surface area (Å²) in [5.41, 5.74) is 6.15. The zero-order chi connectivity index (χ0) is 32.3. The Balaban J connectivity index is 1.08. The van der Waals surface area contributed by atoms with Gasteiger partial charge in [-0.25, -0.2) is 14.5 Å². The first-order chi connectivity index (χ1) is 22.1. The van der Waals surface area contributed by atoms with Crippen LogP contribution in [0.1, 0.15) is 60.8 Å². The molecule has 2 aromatic heterocycles. The van der Waals surface area contributed by atoms with E-state index in [1.807, 2.05) is 84.6 Å². The number of hydrogen-bond acceptors (Lipinski definition) is 5. The van der Waals surface area contributed by atoms with Crippen molar-refractivity contribution in [2.45, 2.75) is 52.4 Å². The van der Waals surface area contributed by atoms with Crippen molar-refractivity contribution in [3.63, 3.8) is 0 Å². The third-order valence-electron chi connectivity index (χ3n) is 8.52. The minimum absolute atomic E-state index is 0.0424. The van der Waals surface area contributed by atoms with Crippen molar-refractivity contribution in [2.24, 2.45) is 5.92 Å². The van der Waals surface area contributed by atoms with Crippen molar-refractivity contribution >= 4 is 23.4 Å². The molecule has 0 radical (unpaired) electrons. The lowest BCUT2D eigenvalue weighted by Crippen LogP contribution is -2.39. The lowest BCUT2D eigenvalue weighted by atomic mass is 9.89. The van der Waals surface area contributed by atoms with E-state index in [9.17, 15) is 9.59 Å². The van der Waals surface area contributed by atoms with Crippen LogP contribution < -0.4 is 10.6 Å². The van der Waals surface area contributed by atoms with Gasteiger partial charge in [0.25, 0.3) is 5.91 Å². The van der Waals surface area contributed by atoms with Crippen molar-refractivity contribution in [2.75, 3.05) is 23.7 Å². The molecular weight excluding hydrogens is 576 g/mol. The number of anilines is 2. The van der Waals surface area contributed by atoms with Gasteiger partial charge >= 0.3 is 6.03 Å². The van der Waals surface area contributed by atoms with Gasteiger partial charge in [0.2, 0.25) is 0 Å². The Hall–Kier alpha value is -5.18. The van der Waals surface area contributed by atoms with Crippen molar-refractivity contribution in [1.82, 2.24) is 19.7 Å². The highest BCUT2D eigenvalue weighted by Crippen LogP contribution is 2.29. The molecule has 9 heteroatoms. The maximum Gasteiger partial charge on any atom is 0.324 e. The normalized spacial score (nSPS) is 13.9. The molecule has 1 fully saturated rings. The molecule has 236 valence electrons. The molecule has 1 saturated heterocycles. The third-order valence-corrected chi connectivity index (χ3v) is 8.52. The summed E-state index contributed by atoms with van der Waals surface area (Å²) in [6.45, 7) is 9.75. The van der Waals surface area contributed by atoms with E-state index < -0.39 is 0 Å². The minimum Gasteiger partial charge on any atom is -0.444 e. The average Bonchev–Trinajstić information content (AvgIpc) is 3.74. The lowest BCUT2D eigenvalue weighted by molar-refractivity contribution is 0.0690. The number of oxazole rings is 1. The highest BCUT2D eigenvalue weighted by atomic mass is 16.3. The van der Waals surface area contributed by atoms with Gasteiger partial charge in [0.05, 0.1) is 17.6 Å². The highest BCUT2D eigenvalue weighted by molar-refractivity contribution is 6.00. The standard InChI is InChI=1S/C37H40N6O3/c1-25-9-15-30(16-10-25)43-34(22-33(41-43)37(2,3)4)40-36(45)39-31-8-6-5-7-29(31)21-26-17-19-42(20-18-26)35(44)28-13-11-27(12-14-28)32-23-38-24-46-32/h5-16,22-24,26H,17-21H2,1-4H3,(H2,39,40,45). The lowest BCUT2D eigenvalue weighted by Gasteiger charge is -2.32. The number of urea groups is 1. The smallest absolute Gasteiger partial charge is 0.324 e. The summed E-state index contributed by atoms with van der Waals surface area (Å²) in [4.78, 5) is 32.4. The van der Waals surface area contributed by atoms with Gasteiger partial charge in [-0.05, 0) is 68.0 Å². The Kier molecular flexibility index (Phi) is 8.74. The van der Waals surface area contributed by atoms with Crippen LogP contribution in [0.5, 0.6) is 0 Å². The number of carbonyl (C=O) groups is 2. The molecule has 5 aromatic rings. The average molecular weight is 617 g/mol. The van der Waals surface area contributed by atoms with E-state index in [0.717, 1.165) is 53.0 Å². The molecule has 3 amide bonds. The Morgan fingerprint density at radius 2 is 1.65 bits per heavy atom. The van der Waals surface area contributed by atoms with Gasteiger partial charge in [0.1, 0.15) is 5.82 Å². The van der Waals surface area contributed by atoms with Crippen LogP contribution >= 0.6 is 0 Å². The van der Waals surface area contributed by atoms with Crippen LogP contribution in [0.3, 0.4) is 0 Å². The second kappa shape index (κ2) is 13.0. The predicted octanol–water partition coefficient (Wildman–Crippen LogP) is 7.87. The van der Waals surface area contributed by atoms with Gasteiger partial charge in [-0.1, -0.05) is 68.8 Å². The van der Waals surface area contributed by atoms with Crippen LogP contribution in [0.4, 0.5) is 16.3 Å². The van der Waals surface area contributed by atoms with Gasteiger partial charge < -0.3 is 14.6 Å². The second-order valence-electron chi connectivity index (χ2n) is 13.0. The van der Waals surface area contributed by atoms with E-state index in [4.69, 9.17) is 9.52 Å². The summed E-state index contributed by atoms with van der Waals surface area (Å²) < 4.78 is 7.14. The first kappa shape index (κ1) is 30.8. The Morgan fingerprint density at radius 1 is 0.935 bits per heavy atom. The number of aromatic nitrogens is 3. The molecule has 0 bridgehead atoms. The van der Waals surface area contributed by atoms with Crippen LogP contribution in [0.25, 0.3) is 17.0 Å². The molecule has 9 nitrogen and oxygen atoms in total. The summed E-state index contributed by atoms with van der Waals surface area (Å²) in [5, 5.41) is 10.9. The third kappa shape index (κ3) is 7.04. The summed E-state index contributed by atoms with van der Waals surface area (Å²) in [6.07, 6.45) is 5.67. The first-order valence-corrected chi connectivity index (χ1v) is 15.8. The number of nitrogens with one attached hydrogen (secondary N) is 2. The summed E-state index contributed by atoms with van der Waals surface area (Å²) in [7, 11) is 0. The quantitative estimate of drug-likeness (QED) is 0.194. The molecule has 3 aromatic carbocycles. The minimum atomic E-state index is -0.323. The predicted molar refractivity (Wildman–Crippen MR) is 180 cm³/mol. The van der Waals surface area contributed by atoms with Gasteiger partial charge in [-0.2, -0.15) is 5.10 Å².